The van der Waals surface area contributed by atoms with E-state index in [1.807, 2.05) is 12.1 Å². The molecule has 5 heteroatoms. The summed E-state index contributed by atoms with van der Waals surface area (Å²) < 4.78 is 11.1. The van der Waals surface area contributed by atoms with E-state index in [0.29, 0.717) is 17.4 Å². The zero-order valence-corrected chi connectivity index (χ0v) is 10.7. The molecular formula is C14H17NO4. The summed E-state index contributed by atoms with van der Waals surface area (Å²) in [5.41, 5.74) is 0.675. The summed E-state index contributed by atoms with van der Waals surface area (Å²) in [7, 11) is 0. The Kier molecular flexibility index (Phi) is 4.92. The Bertz CT molecular complexity index is 453. The van der Waals surface area contributed by atoms with Gasteiger partial charge in [0.2, 0.25) is 6.20 Å². The van der Waals surface area contributed by atoms with Gasteiger partial charge in [-0.25, -0.2) is 0 Å². The first-order chi connectivity index (χ1) is 9.25. The van der Waals surface area contributed by atoms with Crippen LogP contribution in [0.1, 0.15) is 31.2 Å². The third-order valence-corrected chi connectivity index (χ3v) is 3.12. The fraction of sp³-hybridized carbons (Fsp3) is 0.429. The molecule has 1 fully saturated rings. The minimum atomic E-state index is -0.494. The van der Waals surface area contributed by atoms with Crippen LogP contribution in [0, 0.1) is 10.1 Å². The summed E-state index contributed by atoms with van der Waals surface area (Å²) in [5.74, 6) is 0.596. The average molecular weight is 263 g/mol. The van der Waals surface area contributed by atoms with Crippen LogP contribution in [0.5, 0.6) is 5.75 Å². The predicted octanol–water partition coefficient (Wildman–Crippen LogP) is 3.23. The molecule has 1 saturated carbocycles. The van der Waals surface area contributed by atoms with Crippen molar-refractivity contribution in [1.29, 1.82) is 0 Å². The first-order valence-electron chi connectivity index (χ1n) is 6.41. The van der Waals surface area contributed by atoms with Crippen molar-refractivity contribution < 1.29 is 14.4 Å². The normalized spacial score (nSPS) is 16.0. The molecule has 0 heterocycles. The van der Waals surface area contributed by atoms with Crippen LogP contribution < -0.4 is 4.74 Å². The van der Waals surface area contributed by atoms with Gasteiger partial charge in [0.25, 0.3) is 0 Å². The third kappa shape index (κ3) is 4.37. The number of hydrogen-bond donors (Lipinski definition) is 0. The lowest BCUT2D eigenvalue weighted by molar-refractivity contribution is -0.400. The Hall–Kier alpha value is -1.88. The zero-order chi connectivity index (χ0) is 13.5. The molecule has 0 aliphatic heterocycles. The molecule has 19 heavy (non-hydrogen) atoms. The first kappa shape index (κ1) is 13.5. The van der Waals surface area contributed by atoms with Gasteiger partial charge in [-0.1, -0.05) is 31.0 Å². The van der Waals surface area contributed by atoms with E-state index in [2.05, 4.69) is 0 Å². The van der Waals surface area contributed by atoms with Crippen LogP contribution in [0.3, 0.4) is 0 Å². The van der Waals surface area contributed by atoms with Crippen LogP contribution in [0.15, 0.2) is 30.5 Å². The van der Waals surface area contributed by atoms with Crippen molar-refractivity contribution in [1.82, 2.24) is 0 Å². The Balaban J connectivity index is 1.89. The molecule has 0 aromatic heterocycles. The van der Waals surface area contributed by atoms with Gasteiger partial charge in [-0.15, -0.1) is 0 Å². The second kappa shape index (κ2) is 6.89. The van der Waals surface area contributed by atoms with Crippen molar-refractivity contribution in [3.8, 4) is 5.75 Å². The number of rotatable bonds is 6. The maximum absolute atomic E-state index is 10.3. The van der Waals surface area contributed by atoms with E-state index in [1.54, 1.807) is 12.1 Å². The summed E-state index contributed by atoms with van der Waals surface area (Å²) >= 11 is 0. The number of benzene rings is 1. The van der Waals surface area contributed by atoms with Crippen molar-refractivity contribution in [3.63, 3.8) is 0 Å². The van der Waals surface area contributed by atoms with Crippen molar-refractivity contribution in [3.05, 3.63) is 46.1 Å². The molecule has 0 N–H and O–H groups in total. The van der Waals surface area contributed by atoms with Gasteiger partial charge in [-0.3, -0.25) is 10.1 Å². The smallest absolute Gasteiger partial charge is 0.235 e. The van der Waals surface area contributed by atoms with Crippen LogP contribution in [0.4, 0.5) is 0 Å². The zero-order valence-electron chi connectivity index (χ0n) is 10.7. The van der Waals surface area contributed by atoms with Crippen LogP contribution in [-0.2, 0) is 4.74 Å². The molecule has 0 amide bonds. The quantitative estimate of drug-likeness (QED) is 0.449. The molecule has 0 saturated heterocycles. The largest absolute Gasteiger partial charge is 0.467 e. The van der Waals surface area contributed by atoms with E-state index in [9.17, 15) is 10.1 Å². The highest BCUT2D eigenvalue weighted by Gasteiger charge is 2.15. The van der Waals surface area contributed by atoms with Crippen molar-refractivity contribution in [2.24, 2.45) is 0 Å². The van der Waals surface area contributed by atoms with E-state index in [0.717, 1.165) is 19.0 Å². The number of ether oxygens (including phenoxy) is 2. The molecule has 1 aliphatic carbocycles. The van der Waals surface area contributed by atoms with Crippen LogP contribution >= 0.6 is 0 Å². The fourth-order valence-electron chi connectivity index (χ4n) is 2.14. The fourth-order valence-corrected chi connectivity index (χ4v) is 2.14. The van der Waals surface area contributed by atoms with Gasteiger partial charge in [0, 0.05) is 11.6 Å². The Morgan fingerprint density at radius 3 is 2.79 bits per heavy atom. The van der Waals surface area contributed by atoms with E-state index in [4.69, 9.17) is 9.47 Å². The predicted molar refractivity (Wildman–Crippen MR) is 71.3 cm³/mol. The monoisotopic (exact) mass is 263 g/mol. The summed E-state index contributed by atoms with van der Waals surface area (Å²) in [4.78, 5) is 9.83. The maximum Gasteiger partial charge on any atom is 0.235 e. The molecule has 2 rings (SSSR count). The average Bonchev–Trinajstić information content (AvgIpc) is 2.91. The maximum atomic E-state index is 10.3. The molecule has 0 atom stereocenters. The number of nitrogens with zero attached hydrogens (tertiary/aromatic N) is 1. The third-order valence-electron chi connectivity index (χ3n) is 3.12. The number of para-hydroxylation sites is 1. The van der Waals surface area contributed by atoms with E-state index in [1.165, 1.54) is 18.9 Å². The highest BCUT2D eigenvalue weighted by Crippen LogP contribution is 2.23. The van der Waals surface area contributed by atoms with Gasteiger partial charge in [0.15, 0.2) is 6.79 Å². The second-order valence-electron chi connectivity index (χ2n) is 4.47. The van der Waals surface area contributed by atoms with Gasteiger partial charge in [-0.05, 0) is 18.9 Å². The molecule has 102 valence electrons. The molecule has 1 aromatic carbocycles. The molecule has 1 aromatic rings. The minimum absolute atomic E-state index is 0.188. The molecule has 1 aliphatic rings. The molecule has 0 unspecified atom stereocenters. The molecular weight excluding hydrogens is 246 g/mol. The number of nitro groups is 1. The topological polar surface area (TPSA) is 61.6 Å². The molecule has 0 bridgehead atoms. The number of hydrogen-bond acceptors (Lipinski definition) is 4. The summed E-state index contributed by atoms with van der Waals surface area (Å²) in [6.07, 6.45) is 7.23. The second-order valence-corrected chi connectivity index (χ2v) is 4.47. The summed E-state index contributed by atoms with van der Waals surface area (Å²) in [5, 5.41) is 10.3. The van der Waals surface area contributed by atoms with E-state index in [-0.39, 0.29) is 6.79 Å². The first-order valence-corrected chi connectivity index (χ1v) is 6.41. The van der Waals surface area contributed by atoms with Gasteiger partial charge in [0.05, 0.1) is 11.0 Å². The van der Waals surface area contributed by atoms with Crippen LogP contribution in [0.2, 0.25) is 0 Å². The SMILES string of the molecule is O=[N+]([O-])C=Cc1ccccc1OCOC1CCCC1. The van der Waals surface area contributed by atoms with Gasteiger partial charge < -0.3 is 9.47 Å². The lowest BCUT2D eigenvalue weighted by Gasteiger charge is -2.13. The van der Waals surface area contributed by atoms with Crippen molar-refractivity contribution in [2.75, 3.05) is 6.79 Å². The van der Waals surface area contributed by atoms with Gasteiger partial charge in [0.1, 0.15) is 5.75 Å². The lowest BCUT2D eigenvalue weighted by atomic mass is 10.2. The Labute approximate surface area is 112 Å². The lowest BCUT2D eigenvalue weighted by Crippen LogP contribution is -2.12. The van der Waals surface area contributed by atoms with E-state index < -0.39 is 4.92 Å². The molecule has 0 spiro atoms. The van der Waals surface area contributed by atoms with E-state index >= 15 is 0 Å². The van der Waals surface area contributed by atoms with Gasteiger partial charge >= 0.3 is 0 Å². The van der Waals surface area contributed by atoms with Crippen molar-refractivity contribution >= 4 is 6.08 Å². The Morgan fingerprint density at radius 2 is 2.05 bits per heavy atom. The van der Waals surface area contributed by atoms with Gasteiger partial charge in [-0.2, -0.15) is 0 Å². The molecule has 5 nitrogen and oxygen atoms in total. The summed E-state index contributed by atoms with van der Waals surface area (Å²) in [6.45, 7) is 0.188. The Morgan fingerprint density at radius 1 is 1.32 bits per heavy atom. The van der Waals surface area contributed by atoms with Crippen LogP contribution in [0.25, 0.3) is 6.08 Å². The standard InChI is InChI=1S/C14H17NO4/c16-15(17)10-9-12-5-1-4-8-14(12)19-11-18-13-6-2-3-7-13/h1,4-5,8-10,13H,2-3,6-7,11H2. The van der Waals surface area contributed by atoms with Crippen molar-refractivity contribution in [2.45, 2.75) is 31.8 Å². The highest BCUT2D eigenvalue weighted by atomic mass is 16.7. The van der Waals surface area contributed by atoms with Crippen LogP contribution in [-0.4, -0.2) is 17.8 Å². The highest BCUT2D eigenvalue weighted by molar-refractivity contribution is 5.56. The molecule has 0 radical (unpaired) electrons. The minimum Gasteiger partial charge on any atom is -0.467 e. The summed E-state index contributed by atoms with van der Waals surface area (Å²) in [6, 6.07) is 7.18.